The molecule has 2 N–H and O–H groups in total. The summed E-state index contributed by atoms with van der Waals surface area (Å²) >= 11 is 28.1. The lowest BCUT2D eigenvalue weighted by Gasteiger charge is -2.11. The number of alkyl halides is 2. The molecule has 1 fully saturated rings. The van der Waals surface area contributed by atoms with Gasteiger partial charge in [-0.05, 0) is 54.1 Å². The predicted octanol–water partition coefficient (Wildman–Crippen LogP) is 7.86. The average Bonchev–Trinajstić information content (AvgIpc) is 3.33. The van der Waals surface area contributed by atoms with Crippen LogP contribution in [0, 0.1) is 17.6 Å². The van der Waals surface area contributed by atoms with Gasteiger partial charge in [-0.1, -0.05) is 56.8 Å². The summed E-state index contributed by atoms with van der Waals surface area (Å²) in [5.41, 5.74) is 0.230. The number of nitrogens with one attached hydrogen (secondary N) is 2. The number of hydrogen-bond donors (Lipinski definition) is 2. The Labute approximate surface area is 221 Å². The van der Waals surface area contributed by atoms with Crippen LogP contribution < -0.4 is 10.6 Å². The van der Waals surface area contributed by atoms with Crippen LogP contribution in [0.25, 0.3) is 0 Å². The molecule has 4 rings (SSSR count). The fraction of sp³-hybridized carbons (Fsp3) is 0.130. The van der Waals surface area contributed by atoms with Crippen LogP contribution in [0.3, 0.4) is 0 Å². The van der Waals surface area contributed by atoms with E-state index in [1.54, 1.807) is 18.2 Å². The van der Waals surface area contributed by atoms with Gasteiger partial charge in [0.05, 0.1) is 16.5 Å². The van der Waals surface area contributed by atoms with Crippen LogP contribution >= 0.6 is 62.3 Å². The van der Waals surface area contributed by atoms with Crippen molar-refractivity contribution in [1.82, 2.24) is 0 Å². The number of rotatable bonds is 5. The second kappa shape index (κ2) is 9.63. The number of benzene rings is 3. The summed E-state index contributed by atoms with van der Waals surface area (Å²) in [4.78, 5) is 25.6. The Morgan fingerprint density at radius 2 is 1.53 bits per heavy atom. The van der Waals surface area contributed by atoms with Crippen LogP contribution in [0.15, 0.2) is 54.6 Å². The van der Waals surface area contributed by atoms with Crippen LogP contribution in [0.1, 0.15) is 21.8 Å². The van der Waals surface area contributed by atoms with Crippen molar-refractivity contribution in [3.63, 3.8) is 0 Å². The zero-order valence-electron chi connectivity index (χ0n) is 16.8. The summed E-state index contributed by atoms with van der Waals surface area (Å²) in [7, 11) is 0. The van der Waals surface area contributed by atoms with Crippen molar-refractivity contribution in [2.45, 2.75) is 9.70 Å². The molecule has 3 aromatic carbocycles. The molecule has 34 heavy (non-hydrogen) atoms. The molecule has 1 unspecified atom stereocenters. The first-order valence-electron chi connectivity index (χ1n) is 9.68. The minimum absolute atomic E-state index is 0.0253. The van der Waals surface area contributed by atoms with Gasteiger partial charge in [-0.25, -0.2) is 8.78 Å². The standard InChI is InChI=1S/C23H13BrCl4F2N2O2/c24-23(28)18(10-6-11(25)8-12(26)7-10)19(23)22(34)31-13-4-5-15(27)14(9-13)21(33)32-20-16(29)2-1-3-17(20)30/h1-9,18-19H,(H,31,34)(H,32,33)/t18-,19+,23?/m0/s1. The highest BCUT2D eigenvalue weighted by atomic mass is 79.9. The van der Waals surface area contributed by atoms with Crippen LogP contribution in [0.5, 0.6) is 0 Å². The maximum Gasteiger partial charge on any atom is 0.257 e. The van der Waals surface area contributed by atoms with Gasteiger partial charge in [-0.3, -0.25) is 9.59 Å². The van der Waals surface area contributed by atoms with E-state index in [-0.39, 0.29) is 16.3 Å². The second-order valence-corrected chi connectivity index (χ2v) is 11.2. The summed E-state index contributed by atoms with van der Waals surface area (Å²) in [6.07, 6.45) is 0. The van der Waals surface area contributed by atoms with E-state index in [1.165, 1.54) is 24.3 Å². The lowest BCUT2D eigenvalue weighted by atomic mass is 10.1. The normalized spacial score (nSPS) is 21.1. The van der Waals surface area contributed by atoms with E-state index in [4.69, 9.17) is 46.4 Å². The number of amides is 2. The van der Waals surface area contributed by atoms with Crippen molar-refractivity contribution in [1.29, 1.82) is 0 Å². The highest BCUT2D eigenvalue weighted by Gasteiger charge is 2.67. The topological polar surface area (TPSA) is 58.2 Å². The van der Waals surface area contributed by atoms with Crippen LogP contribution in [-0.2, 0) is 4.79 Å². The molecule has 0 spiro atoms. The number of carbonyl (C=O) groups is 2. The first-order valence-corrected chi connectivity index (χ1v) is 12.0. The summed E-state index contributed by atoms with van der Waals surface area (Å²) in [5.74, 6) is -4.25. The van der Waals surface area contributed by atoms with Gasteiger partial charge in [0.25, 0.3) is 5.91 Å². The van der Waals surface area contributed by atoms with Gasteiger partial charge in [-0.15, -0.1) is 11.6 Å². The fourth-order valence-electron chi connectivity index (χ4n) is 3.62. The Bertz CT molecular complexity index is 1280. The van der Waals surface area contributed by atoms with Gasteiger partial charge in [0.15, 0.2) is 0 Å². The van der Waals surface area contributed by atoms with Gasteiger partial charge in [-0.2, -0.15) is 0 Å². The summed E-state index contributed by atoms with van der Waals surface area (Å²) in [6.45, 7) is 0. The van der Waals surface area contributed by atoms with E-state index < -0.39 is 44.8 Å². The third-order valence-corrected chi connectivity index (χ3v) is 7.48. The first-order chi connectivity index (χ1) is 16.0. The van der Waals surface area contributed by atoms with Crippen LogP contribution in [0.2, 0.25) is 15.1 Å². The maximum absolute atomic E-state index is 13.9. The summed E-state index contributed by atoms with van der Waals surface area (Å²) in [5, 5.41) is 5.70. The van der Waals surface area contributed by atoms with E-state index in [0.717, 1.165) is 12.1 Å². The summed E-state index contributed by atoms with van der Waals surface area (Å²) in [6, 6.07) is 12.3. The number of anilines is 2. The smallest absolute Gasteiger partial charge is 0.257 e. The highest BCUT2D eigenvalue weighted by molar-refractivity contribution is 9.10. The molecule has 0 aliphatic heterocycles. The fourth-order valence-corrected chi connectivity index (χ4v) is 5.65. The molecule has 3 atom stereocenters. The first kappa shape index (κ1) is 25.2. The molecule has 0 bridgehead atoms. The van der Waals surface area contributed by atoms with E-state index in [1.807, 2.05) is 0 Å². The highest BCUT2D eigenvalue weighted by Crippen LogP contribution is 2.66. The Kier molecular flexibility index (Phi) is 7.14. The molecular formula is C23H13BrCl4F2N2O2. The van der Waals surface area contributed by atoms with Crippen LogP contribution in [-0.4, -0.2) is 15.6 Å². The van der Waals surface area contributed by atoms with Crippen molar-refractivity contribution in [3.05, 3.63) is 92.4 Å². The zero-order chi connectivity index (χ0) is 24.8. The molecule has 1 saturated carbocycles. The molecule has 0 saturated heterocycles. The van der Waals surface area contributed by atoms with Crippen molar-refractivity contribution >= 4 is 85.5 Å². The Morgan fingerprint density at radius 1 is 0.912 bits per heavy atom. The molecule has 0 aromatic heterocycles. The predicted molar refractivity (Wildman–Crippen MR) is 135 cm³/mol. The van der Waals surface area contributed by atoms with Gasteiger partial charge < -0.3 is 10.6 Å². The SMILES string of the molecule is O=C(Nc1c(F)cccc1F)c1cc(NC(=O)[C@H]2[C@H](c3cc(Cl)cc(Cl)c3)C2(Cl)Br)ccc1Cl. The van der Waals surface area contributed by atoms with E-state index in [0.29, 0.717) is 15.6 Å². The van der Waals surface area contributed by atoms with Gasteiger partial charge >= 0.3 is 0 Å². The average molecular weight is 609 g/mol. The van der Waals surface area contributed by atoms with Gasteiger partial charge in [0.2, 0.25) is 5.91 Å². The Hall–Kier alpha value is -1.90. The summed E-state index contributed by atoms with van der Waals surface area (Å²) < 4.78 is 26.7. The largest absolute Gasteiger partial charge is 0.326 e. The maximum atomic E-state index is 13.9. The molecule has 11 heteroatoms. The van der Waals surface area contributed by atoms with E-state index >= 15 is 0 Å². The van der Waals surface area contributed by atoms with Crippen molar-refractivity contribution < 1.29 is 18.4 Å². The lowest BCUT2D eigenvalue weighted by Crippen LogP contribution is -2.18. The molecule has 1 aliphatic rings. The molecule has 1 aliphatic carbocycles. The van der Waals surface area contributed by atoms with E-state index in [9.17, 15) is 18.4 Å². The minimum Gasteiger partial charge on any atom is -0.326 e. The van der Waals surface area contributed by atoms with Crippen molar-refractivity contribution in [3.8, 4) is 0 Å². The third-order valence-electron chi connectivity index (χ3n) is 5.26. The third kappa shape index (κ3) is 5.04. The molecular weight excluding hydrogens is 596 g/mol. The molecule has 0 radical (unpaired) electrons. The number of carbonyl (C=O) groups excluding carboxylic acids is 2. The molecule has 3 aromatic rings. The Balaban J connectivity index is 1.53. The quantitative estimate of drug-likeness (QED) is 0.290. The molecule has 0 heterocycles. The molecule has 2 amide bonds. The van der Waals surface area contributed by atoms with Crippen molar-refractivity contribution in [2.24, 2.45) is 5.92 Å². The van der Waals surface area contributed by atoms with Gasteiger partial charge in [0.1, 0.15) is 21.1 Å². The second-order valence-electron chi connectivity index (χ2n) is 7.57. The monoisotopic (exact) mass is 606 g/mol. The zero-order valence-corrected chi connectivity index (χ0v) is 21.4. The number of para-hydroxylation sites is 1. The lowest BCUT2D eigenvalue weighted by molar-refractivity contribution is -0.117. The Morgan fingerprint density at radius 3 is 2.15 bits per heavy atom. The number of halogens is 7. The minimum atomic E-state index is -1.06. The van der Waals surface area contributed by atoms with Crippen molar-refractivity contribution in [2.75, 3.05) is 10.6 Å². The molecule has 176 valence electrons. The van der Waals surface area contributed by atoms with Gasteiger partial charge in [0, 0.05) is 21.7 Å². The molecule has 4 nitrogen and oxygen atoms in total. The number of hydrogen-bond acceptors (Lipinski definition) is 2. The van der Waals surface area contributed by atoms with Crippen LogP contribution in [0.4, 0.5) is 20.2 Å². The van der Waals surface area contributed by atoms with E-state index in [2.05, 4.69) is 26.6 Å².